The van der Waals surface area contributed by atoms with Crippen molar-refractivity contribution in [2.75, 3.05) is 18.0 Å². The van der Waals surface area contributed by atoms with Crippen molar-refractivity contribution in [3.8, 4) is 11.5 Å². The van der Waals surface area contributed by atoms with E-state index in [4.69, 9.17) is 10.7 Å². The van der Waals surface area contributed by atoms with Crippen molar-refractivity contribution >= 4 is 17.4 Å². The lowest BCUT2D eigenvalue weighted by atomic mass is 10.0. The van der Waals surface area contributed by atoms with E-state index in [9.17, 15) is 4.79 Å². The van der Waals surface area contributed by atoms with Gasteiger partial charge in [-0.25, -0.2) is 19.9 Å². The summed E-state index contributed by atoms with van der Waals surface area (Å²) in [5.74, 6) is 1.55. The van der Waals surface area contributed by atoms with E-state index in [-0.39, 0.29) is 5.69 Å². The predicted octanol–water partition coefficient (Wildman–Crippen LogP) is 1.52. The van der Waals surface area contributed by atoms with Crippen molar-refractivity contribution in [1.29, 1.82) is 0 Å². The van der Waals surface area contributed by atoms with Gasteiger partial charge in [-0.05, 0) is 24.8 Å². The monoisotopic (exact) mass is 337 g/mol. The zero-order valence-corrected chi connectivity index (χ0v) is 14.0. The quantitative estimate of drug-likeness (QED) is 0.777. The number of hydrogen-bond donors (Lipinski definition) is 1. The number of hydrogen-bond acceptors (Lipinski definition) is 6. The summed E-state index contributed by atoms with van der Waals surface area (Å²) in [7, 11) is 0. The molecule has 1 aliphatic heterocycles. The van der Waals surface area contributed by atoms with Gasteiger partial charge in [-0.3, -0.25) is 9.20 Å². The normalized spacial score (nSPS) is 17.8. The van der Waals surface area contributed by atoms with Crippen LogP contribution < -0.4 is 10.6 Å². The van der Waals surface area contributed by atoms with E-state index in [1.54, 1.807) is 23.0 Å². The molecule has 1 unspecified atom stereocenters. The molecule has 0 aromatic carbocycles. The van der Waals surface area contributed by atoms with Gasteiger partial charge in [0.2, 0.25) is 0 Å². The first-order valence-electron chi connectivity index (χ1n) is 8.33. The smallest absolute Gasteiger partial charge is 0.268 e. The maximum Gasteiger partial charge on any atom is 0.268 e. The first-order valence-corrected chi connectivity index (χ1v) is 8.33. The lowest BCUT2D eigenvalue weighted by Crippen LogP contribution is -2.34. The molecule has 1 aliphatic rings. The van der Waals surface area contributed by atoms with E-state index in [0.29, 0.717) is 23.1 Å². The molecule has 4 heterocycles. The fraction of sp³-hybridized carbons (Fsp3) is 0.353. The topological polar surface area (TPSA) is 102 Å². The number of nitrogens with two attached hydrogens (primary N) is 1. The van der Waals surface area contributed by atoms with Crippen molar-refractivity contribution in [2.24, 2.45) is 11.7 Å². The number of carbonyl (C=O) groups excluding carboxylic acids is 1. The van der Waals surface area contributed by atoms with Crippen LogP contribution in [0.3, 0.4) is 0 Å². The average molecular weight is 337 g/mol. The summed E-state index contributed by atoms with van der Waals surface area (Å²) >= 11 is 0. The van der Waals surface area contributed by atoms with Crippen molar-refractivity contribution < 1.29 is 4.79 Å². The highest BCUT2D eigenvalue weighted by molar-refractivity contribution is 5.90. The molecule has 0 aliphatic carbocycles. The average Bonchev–Trinajstić information content (AvgIpc) is 3.05. The van der Waals surface area contributed by atoms with Crippen molar-refractivity contribution in [2.45, 2.75) is 19.8 Å². The number of imidazole rings is 1. The Kier molecular flexibility index (Phi) is 3.79. The van der Waals surface area contributed by atoms with Crippen LogP contribution in [0.25, 0.3) is 17.2 Å². The molecule has 8 heteroatoms. The minimum absolute atomic E-state index is 0.174. The molecule has 25 heavy (non-hydrogen) atoms. The number of anilines is 1. The molecular weight excluding hydrogens is 318 g/mol. The SMILES string of the molecule is CC1CCCN(c2ccnc(-c3cnc4cnc(C(N)=O)cn34)n2)C1. The lowest BCUT2D eigenvalue weighted by molar-refractivity contribution is 0.0995. The molecule has 128 valence electrons. The Morgan fingerprint density at radius 1 is 1.28 bits per heavy atom. The fourth-order valence-corrected chi connectivity index (χ4v) is 3.23. The zero-order chi connectivity index (χ0) is 17.4. The maximum absolute atomic E-state index is 11.4. The third kappa shape index (κ3) is 2.90. The van der Waals surface area contributed by atoms with Gasteiger partial charge in [-0.15, -0.1) is 0 Å². The second-order valence-electron chi connectivity index (χ2n) is 6.44. The number of fused-ring (bicyclic) bond motifs is 1. The Labute approximate surface area is 144 Å². The van der Waals surface area contributed by atoms with Crippen LogP contribution in [0.15, 0.2) is 30.9 Å². The highest BCUT2D eigenvalue weighted by Crippen LogP contribution is 2.24. The van der Waals surface area contributed by atoms with Crippen LogP contribution >= 0.6 is 0 Å². The molecule has 0 spiro atoms. The van der Waals surface area contributed by atoms with Crippen molar-refractivity contribution in [3.05, 3.63) is 36.5 Å². The molecule has 2 N–H and O–H groups in total. The van der Waals surface area contributed by atoms with Crippen molar-refractivity contribution in [3.63, 3.8) is 0 Å². The molecule has 0 bridgehead atoms. The van der Waals surface area contributed by atoms with Gasteiger partial charge in [-0.2, -0.15) is 0 Å². The second kappa shape index (κ2) is 6.12. The Balaban J connectivity index is 1.75. The summed E-state index contributed by atoms with van der Waals surface area (Å²) in [4.78, 5) is 31.1. The van der Waals surface area contributed by atoms with E-state index >= 15 is 0 Å². The Hall–Kier alpha value is -3.03. The van der Waals surface area contributed by atoms with Gasteiger partial charge >= 0.3 is 0 Å². The van der Waals surface area contributed by atoms with E-state index in [0.717, 1.165) is 18.9 Å². The van der Waals surface area contributed by atoms with Gasteiger partial charge in [-0.1, -0.05) is 6.92 Å². The Morgan fingerprint density at radius 3 is 2.96 bits per heavy atom. The number of aromatic nitrogens is 5. The van der Waals surface area contributed by atoms with Crippen LogP contribution in [0, 0.1) is 5.92 Å². The lowest BCUT2D eigenvalue weighted by Gasteiger charge is -2.31. The third-order valence-corrected chi connectivity index (χ3v) is 4.50. The number of carbonyl (C=O) groups is 1. The minimum Gasteiger partial charge on any atom is -0.364 e. The number of primary amides is 1. The van der Waals surface area contributed by atoms with Crippen LogP contribution in [0.2, 0.25) is 0 Å². The molecule has 3 aromatic rings. The van der Waals surface area contributed by atoms with E-state index in [1.807, 2.05) is 6.07 Å². The summed E-state index contributed by atoms with van der Waals surface area (Å²) in [6.45, 7) is 4.26. The van der Waals surface area contributed by atoms with Crippen molar-refractivity contribution in [1.82, 2.24) is 24.3 Å². The van der Waals surface area contributed by atoms with E-state index in [2.05, 4.69) is 26.8 Å². The Morgan fingerprint density at radius 2 is 2.16 bits per heavy atom. The largest absolute Gasteiger partial charge is 0.364 e. The van der Waals surface area contributed by atoms with E-state index < -0.39 is 5.91 Å². The fourth-order valence-electron chi connectivity index (χ4n) is 3.23. The molecule has 1 atom stereocenters. The molecule has 1 fully saturated rings. The number of nitrogens with zero attached hydrogens (tertiary/aromatic N) is 6. The van der Waals surface area contributed by atoms with Crippen LogP contribution in [-0.2, 0) is 0 Å². The van der Waals surface area contributed by atoms with Gasteiger partial charge in [0, 0.05) is 25.5 Å². The second-order valence-corrected chi connectivity index (χ2v) is 6.44. The highest BCUT2D eigenvalue weighted by atomic mass is 16.1. The van der Waals surface area contributed by atoms with Gasteiger partial charge in [0.1, 0.15) is 17.2 Å². The van der Waals surface area contributed by atoms with Gasteiger partial charge in [0.15, 0.2) is 11.5 Å². The molecule has 0 radical (unpaired) electrons. The van der Waals surface area contributed by atoms with Crippen LogP contribution in [0.4, 0.5) is 5.82 Å². The first kappa shape index (κ1) is 15.5. The molecule has 1 amide bonds. The van der Waals surface area contributed by atoms with Gasteiger partial charge in [0.25, 0.3) is 5.91 Å². The van der Waals surface area contributed by atoms with Crippen LogP contribution in [0.1, 0.15) is 30.3 Å². The minimum atomic E-state index is -0.585. The summed E-state index contributed by atoms with van der Waals surface area (Å²) in [6, 6.07) is 1.93. The molecule has 8 nitrogen and oxygen atoms in total. The summed E-state index contributed by atoms with van der Waals surface area (Å²) < 4.78 is 1.74. The number of piperidine rings is 1. The first-order chi connectivity index (χ1) is 12.1. The third-order valence-electron chi connectivity index (χ3n) is 4.50. The van der Waals surface area contributed by atoms with Gasteiger partial charge < -0.3 is 10.6 Å². The molecule has 0 saturated carbocycles. The zero-order valence-electron chi connectivity index (χ0n) is 14.0. The summed E-state index contributed by atoms with van der Waals surface area (Å²) in [5, 5.41) is 0. The van der Waals surface area contributed by atoms with Crippen LogP contribution in [-0.4, -0.2) is 43.3 Å². The molecule has 3 aromatic heterocycles. The predicted molar refractivity (Wildman–Crippen MR) is 93.1 cm³/mol. The maximum atomic E-state index is 11.4. The standard InChI is InChI=1S/C17H19N7O/c1-11-3-2-6-23(9-11)14-4-5-19-17(22-14)13-7-21-15-8-20-12(16(18)25)10-24(13)15/h4-5,7-8,10-11H,2-3,6,9H2,1H3,(H2,18,25). The Bertz CT molecular complexity index is 936. The molecular formula is C17H19N7O. The highest BCUT2D eigenvalue weighted by Gasteiger charge is 2.19. The molecule has 4 rings (SSSR count). The van der Waals surface area contributed by atoms with Gasteiger partial charge in [0.05, 0.1) is 12.4 Å². The number of amides is 1. The molecule has 1 saturated heterocycles. The summed E-state index contributed by atoms with van der Waals surface area (Å²) in [5.41, 5.74) is 6.81. The number of rotatable bonds is 3. The van der Waals surface area contributed by atoms with Crippen LogP contribution in [0.5, 0.6) is 0 Å². The van der Waals surface area contributed by atoms with E-state index in [1.165, 1.54) is 19.0 Å². The summed E-state index contributed by atoms with van der Waals surface area (Å²) in [6.07, 6.45) is 8.94.